The van der Waals surface area contributed by atoms with Gasteiger partial charge in [-0.15, -0.1) is 11.3 Å². The number of fused-ring (bicyclic) bond motifs is 2. The van der Waals surface area contributed by atoms with Gasteiger partial charge in [0.15, 0.2) is 4.96 Å². The van der Waals surface area contributed by atoms with E-state index in [1.807, 2.05) is 5.38 Å². The summed E-state index contributed by atoms with van der Waals surface area (Å²) in [6, 6.07) is 11.8. The molecule has 2 aromatic carbocycles. The molecule has 0 saturated heterocycles. The van der Waals surface area contributed by atoms with E-state index >= 15 is 0 Å². The molecule has 2 amide bonds. The summed E-state index contributed by atoms with van der Waals surface area (Å²) in [5.41, 5.74) is 1.63. The van der Waals surface area contributed by atoms with Crippen LogP contribution >= 0.6 is 22.9 Å². The van der Waals surface area contributed by atoms with E-state index in [4.69, 9.17) is 16.3 Å². The molecule has 2 aromatic heterocycles. The van der Waals surface area contributed by atoms with Gasteiger partial charge >= 0.3 is 5.97 Å². The van der Waals surface area contributed by atoms with Gasteiger partial charge in [-0.1, -0.05) is 11.6 Å². The number of aryl methyl sites for hydroxylation is 1. The van der Waals surface area contributed by atoms with E-state index in [9.17, 15) is 19.2 Å². The Morgan fingerprint density at radius 1 is 1.03 bits per heavy atom. The molecule has 0 saturated carbocycles. The van der Waals surface area contributed by atoms with Gasteiger partial charge in [-0.3, -0.25) is 18.8 Å². The average Bonchev–Trinajstić information content (AvgIpc) is 3.30. The van der Waals surface area contributed by atoms with Gasteiger partial charge in [0.1, 0.15) is 6.61 Å². The Morgan fingerprint density at radius 3 is 2.52 bits per heavy atom. The van der Waals surface area contributed by atoms with Crippen molar-refractivity contribution >= 4 is 51.4 Å². The van der Waals surface area contributed by atoms with Gasteiger partial charge in [0, 0.05) is 22.2 Å². The minimum absolute atomic E-state index is 0.108. The number of benzene rings is 2. The minimum atomic E-state index is -0.702. The lowest BCUT2D eigenvalue weighted by Gasteiger charge is -2.13. The molecule has 0 unspecified atom stereocenters. The fourth-order valence-electron chi connectivity index (χ4n) is 3.59. The number of imide groups is 1. The maximum Gasteiger partial charge on any atom is 0.338 e. The lowest BCUT2D eigenvalue weighted by Crippen LogP contribution is -2.29. The molecule has 0 aliphatic carbocycles. The van der Waals surface area contributed by atoms with Gasteiger partial charge in [-0.05, 0) is 49.4 Å². The predicted octanol–water partition coefficient (Wildman–Crippen LogP) is 3.88. The first kappa shape index (κ1) is 21.0. The Morgan fingerprint density at radius 2 is 1.76 bits per heavy atom. The normalized spacial score (nSPS) is 13.0. The van der Waals surface area contributed by atoms with Crippen LogP contribution in [0.15, 0.2) is 58.7 Å². The monoisotopic (exact) mass is 479 g/mol. The van der Waals surface area contributed by atoms with Crippen LogP contribution < -0.4 is 10.5 Å². The lowest BCUT2D eigenvalue weighted by molar-refractivity contribution is 0.0467. The van der Waals surface area contributed by atoms with Crippen molar-refractivity contribution in [1.29, 1.82) is 0 Å². The molecule has 0 spiro atoms. The number of esters is 1. The van der Waals surface area contributed by atoms with Crippen LogP contribution in [0.1, 0.15) is 42.5 Å². The number of carbonyl (C=O) groups is 3. The number of nitrogens with zero attached hydrogens (tertiary/aromatic N) is 3. The van der Waals surface area contributed by atoms with Crippen molar-refractivity contribution in [2.75, 3.05) is 4.90 Å². The van der Waals surface area contributed by atoms with Crippen LogP contribution in [0.25, 0.3) is 4.96 Å². The second kappa shape index (κ2) is 7.95. The number of thiazole rings is 1. The Balaban J connectivity index is 1.36. The molecule has 4 aromatic rings. The molecule has 1 aliphatic heterocycles. The maximum absolute atomic E-state index is 12.9. The highest BCUT2D eigenvalue weighted by Gasteiger charge is 2.37. The summed E-state index contributed by atoms with van der Waals surface area (Å²) in [5, 5.41) is 2.29. The van der Waals surface area contributed by atoms with Crippen molar-refractivity contribution < 1.29 is 19.1 Å². The summed E-state index contributed by atoms with van der Waals surface area (Å²) >= 11 is 7.20. The molecule has 164 valence electrons. The van der Waals surface area contributed by atoms with Gasteiger partial charge in [-0.25, -0.2) is 14.7 Å². The van der Waals surface area contributed by atoms with E-state index in [-0.39, 0.29) is 28.9 Å². The number of ether oxygens (including phenoxy) is 1. The lowest BCUT2D eigenvalue weighted by atomic mass is 10.1. The Bertz CT molecular complexity index is 1520. The molecule has 0 bridgehead atoms. The maximum atomic E-state index is 12.9. The summed E-state index contributed by atoms with van der Waals surface area (Å²) in [6.45, 7) is 1.60. The number of hydrogen-bond donors (Lipinski definition) is 0. The number of aromatic nitrogens is 2. The van der Waals surface area contributed by atoms with Crippen LogP contribution in [-0.4, -0.2) is 27.2 Å². The fraction of sp³-hybridized carbons (Fsp3) is 0.0870. The molecule has 5 rings (SSSR count). The van der Waals surface area contributed by atoms with E-state index < -0.39 is 17.8 Å². The first-order chi connectivity index (χ1) is 15.8. The second-order valence-corrected chi connectivity index (χ2v) is 8.61. The molecule has 1 aliphatic rings. The van der Waals surface area contributed by atoms with E-state index in [1.54, 1.807) is 31.2 Å². The van der Waals surface area contributed by atoms with Crippen molar-refractivity contribution in [3.8, 4) is 0 Å². The number of carbonyl (C=O) groups excluding carboxylic acids is 3. The summed E-state index contributed by atoms with van der Waals surface area (Å²) in [4.78, 5) is 56.4. The number of halogens is 1. The number of rotatable bonds is 4. The Hall–Kier alpha value is -3.82. The van der Waals surface area contributed by atoms with E-state index in [1.165, 1.54) is 40.0 Å². The summed E-state index contributed by atoms with van der Waals surface area (Å²) in [6.07, 6.45) is 0. The van der Waals surface area contributed by atoms with Crippen LogP contribution in [-0.2, 0) is 11.3 Å². The van der Waals surface area contributed by atoms with Gasteiger partial charge < -0.3 is 4.74 Å². The summed E-state index contributed by atoms with van der Waals surface area (Å²) < 4.78 is 6.78. The molecule has 8 nitrogen and oxygen atoms in total. The summed E-state index contributed by atoms with van der Waals surface area (Å²) in [7, 11) is 0. The number of amides is 2. The van der Waals surface area contributed by atoms with Crippen LogP contribution in [0.2, 0.25) is 5.02 Å². The highest BCUT2D eigenvalue weighted by Crippen LogP contribution is 2.30. The van der Waals surface area contributed by atoms with E-state index in [2.05, 4.69) is 4.98 Å². The molecule has 0 radical (unpaired) electrons. The minimum Gasteiger partial charge on any atom is -0.456 e. The van der Waals surface area contributed by atoms with E-state index in [0.717, 1.165) is 10.6 Å². The first-order valence-electron chi connectivity index (χ1n) is 9.76. The van der Waals surface area contributed by atoms with Crippen LogP contribution in [0.3, 0.4) is 0 Å². The zero-order valence-corrected chi connectivity index (χ0v) is 18.6. The molecule has 0 fully saturated rings. The van der Waals surface area contributed by atoms with Gasteiger partial charge in [0.2, 0.25) is 0 Å². The largest absolute Gasteiger partial charge is 0.456 e. The van der Waals surface area contributed by atoms with E-state index in [0.29, 0.717) is 21.4 Å². The van der Waals surface area contributed by atoms with Gasteiger partial charge in [0.25, 0.3) is 17.4 Å². The molecule has 3 heterocycles. The molecule has 0 atom stereocenters. The molecule has 10 heteroatoms. The van der Waals surface area contributed by atoms with Gasteiger partial charge in [-0.2, -0.15) is 0 Å². The number of anilines is 1. The van der Waals surface area contributed by atoms with Crippen molar-refractivity contribution in [3.63, 3.8) is 0 Å². The standard InChI is InChI=1S/C23H14ClN3O5S/c1-12-11-33-23-25-15(9-19(28)26(12)23)10-32-22(31)13-2-7-17-18(8-13)21(30)27(20(17)29)16-5-3-14(24)4-6-16/h2-9,11H,10H2,1H3. The predicted molar refractivity (Wildman–Crippen MR) is 122 cm³/mol. The smallest absolute Gasteiger partial charge is 0.338 e. The Kier molecular flexibility index (Phi) is 5.07. The molecular weight excluding hydrogens is 466 g/mol. The average molecular weight is 480 g/mol. The first-order valence-corrected chi connectivity index (χ1v) is 11.0. The fourth-order valence-corrected chi connectivity index (χ4v) is 4.61. The van der Waals surface area contributed by atoms with Crippen LogP contribution in [0, 0.1) is 6.92 Å². The van der Waals surface area contributed by atoms with Crippen molar-refractivity contribution in [3.05, 3.63) is 97.4 Å². The third-order valence-electron chi connectivity index (χ3n) is 5.19. The van der Waals surface area contributed by atoms with Crippen molar-refractivity contribution in [2.45, 2.75) is 13.5 Å². The Labute approximate surface area is 195 Å². The third kappa shape index (κ3) is 3.61. The second-order valence-electron chi connectivity index (χ2n) is 7.34. The van der Waals surface area contributed by atoms with Crippen LogP contribution in [0.4, 0.5) is 5.69 Å². The highest BCUT2D eigenvalue weighted by atomic mass is 35.5. The zero-order chi connectivity index (χ0) is 23.3. The summed E-state index contributed by atoms with van der Waals surface area (Å²) in [5.74, 6) is -1.73. The quantitative estimate of drug-likeness (QED) is 0.325. The SMILES string of the molecule is Cc1csc2nc(COC(=O)c3ccc4c(c3)C(=O)N(c3ccc(Cl)cc3)C4=O)cc(=O)n12. The number of hydrogen-bond acceptors (Lipinski definition) is 7. The molecule has 0 N–H and O–H groups in total. The van der Waals surface area contributed by atoms with Crippen molar-refractivity contribution in [2.24, 2.45) is 0 Å². The molecular formula is C23H14ClN3O5S. The third-order valence-corrected chi connectivity index (χ3v) is 6.38. The van der Waals surface area contributed by atoms with Crippen molar-refractivity contribution in [1.82, 2.24) is 9.38 Å². The van der Waals surface area contributed by atoms with Gasteiger partial charge in [0.05, 0.1) is 28.1 Å². The highest BCUT2D eigenvalue weighted by molar-refractivity contribution is 7.15. The topological polar surface area (TPSA) is 98.0 Å². The molecule has 33 heavy (non-hydrogen) atoms. The van der Waals surface area contributed by atoms with Crippen LogP contribution in [0.5, 0.6) is 0 Å². The zero-order valence-electron chi connectivity index (χ0n) is 17.1.